The second kappa shape index (κ2) is 3.71. The zero-order valence-electron chi connectivity index (χ0n) is 5.72. The zero-order chi connectivity index (χ0) is 7.33. The highest BCUT2D eigenvalue weighted by molar-refractivity contribution is 7.63. The number of hydrogen-bond acceptors (Lipinski definition) is 1. The molecule has 0 aromatic carbocycles. The van der Waals surface area contributed by atoms with Crippen LogP contribution in [0, 0.1) is 11.6 Å². The van der Waals surface area contributed by atoms with E-state index in [-0.39, 0.29) is 0 Å². The fourth-order valence-electron chi connectivity index (χ4n) is 0.534. The van der Waals surface area contributed by atoms with Crippen molar-refractivity contribution in [2.75, 3.05) is 6.16 Å². The Morgan fingerprint density at radius 3 is 2.56 bits per heavy atom. The standard InChI is InChI=1S/C6H11O2P/c1-3-5-9(7,8)6-4-2/h3,5H2,1-2H3,(H,7,8). The molecule has 0 saturated carbocycles. The molecule has 2 nitrogen and oxygen atoms in total. The van der Waals surface area contributed by atoms with Crippen LogP contribution in [0.1, 0.15) is 20.3 Å². The average molecular weight is 146 g/mol. The summed E-state index contributed by atoms with van der Waals surface area (Å²) in [6.07, 6.45) is 1.02. The van der Waals surface area contributed by atoms with Crippen LogP contribution in [0.5, 0.6) is 0 Å². The highest BCUT2D eigenvalue weighted by atomic mass is 31.2. The molecule has 0 fully saturated rings. The average Bonchev–Trinajstić information content (AvgIpc) is 1.64. The van der Waals surface area contributed by atoms with Crippen molar-refractivity contribution >= 4 is 7.37 Å². The van der Waals surface area contributed by atoms with Crippen molar-refractivity contribution in [2.24, 2.45) is 0 Å². The monoisotopic (exact) mass is 146 g/mol. The van der Waals surface area contributed by atoms with Gasteiger partial charge in [-0.25, -0.2) is 0 Å². The smallest absolute Gasteiger partial charge is 0.271 e. The summed E-state index contributed by atoms with van der Waals surface area (Å²) in [6.45, 7) is 3.43. The Labute approximate surface area is 55.7 Å². The van der Waals surface area contributed by atoms with Crippen LogP contribution < -0.4 is 0 Å². The second-order valence-corrected chi connectivity index (χ2v) is 3.86. The van der Waals surface area contributed by atoms with Gasteiger partial charge in [0.15, 0.2) is 0 Å². The van der Waals surface area contributed by atoms with Crippen LogP contribution in [0.3, 0.4) is 0 Å². The van der Waals surface area contributed by atoms with Gasteiger partial charge in [-0.1, -0.05) is 12.8 Å². The van der Waals surface area contributed by atoms with Crippen LogP contribution in [-0.4, -0.2) is 11.1 Å². The minimum Gasteiger partial charge on any atom is -0.335 e. The summed E-state index contributed by atoms with van der Waals surface area (Å²) in [5, 5.41) is 0. The molecule has 0 aromatic rings. The van der Waals surface area contributed by atoms with Gasteiger partial charge in [0.1, 0.15) is 0 Å². The summed E-state index contributed by atoms with van der Waals surface area (Å²) < 4.78 is 10.8. The molecule has 0 aliphatic rings. The zero-order valence-corrected chi connectivity index (χ0v) is 6.61. The summed E-state index contributed by atoms with van der Waals surface area (Å²) in [7, 11) is -3.05. The second-order valence-electron chi connectivity index (χ2n) is 1.79. The molecule has 0 bridgehead atoms. The number of rotatable bonds is 2. The van der Waals surface area contributed by atoms with Gasteiger partial charge in [0.25, 0.3) is 7.37 Å². The normalized spacial score (nSPS) is 15.4. The minimum absolute atomic E-state index is 0.313. The molecule has 0 saturated heterocycles. The van der Waals surface area contributed by atoms with E-state index >= 15 is 0 Å². The molecule has 0 radical (unpaired) electrons. The van der Waals surface area contributed by atoms with Crippen molar-refractivity contribution in [2.45, 2.75) is 20.3 Å². The van der Waals surface area contributed by atoms with Gasteiger partial charge < -0.3 is 4.89 Å². The van der Waals surface area contributed by atoms with Gasteiger partial charge >= 0.3 is 0 Å². The molecule has 3 heteroatoms. The third kappa shape index (κ3) is 4.27. The molecule has 1 unspecified atom stereocenters. The lowest BCUT2D eigenvalue weighted by Gasteiger charge is -1.98. The van der Waals surface area contributed by atoms with Crippen molar-refractivity contribution in [3.63, 3.8) is 0 Å². The Hall–Kier alpha value is -0.250. The minimum atomic E-state index is -3.05. The predicted molar refractivity (Wildman–Crippen MR) is 38.4 cm³/mol. The van der Waals surface area contributed by atoms with Crippen LogP contribution in [0.2, 0.25) is 0 Å². The van der Waals surface area contributed by atoms with E-state index in [0.717, 1.165) is 0 Å². The molecular formula is C6H11O2P. The molecular weight excluding hydrogens is 135 g/mol. The van der Waals surface area contributed by atoms with E-state index in [1.807, 2.05) is 6.92 Å². The molecule has 0 rings (SSSR count). The Morgan fingerprint density at radius 2 is 2.22 bits per heavy atom. The summed E-state index contributed by atoms with van der Waals surface area (Å²) in [5.41, 5.74) is 2.28. The largest absolute Gasteiger partial charge is 0.335 e. The van der Waals surface area contributed by atoms with Gasteiger partial charge in [0.2, 0.25) is 0 Å². The van der Waals surface area contributed by atoms with Gasteiger partial charge in [-0.2, -0.15) is 0 Å². The molecule has 1 N–H and O–H groups in total. The third-order valence-electron chi connectivity index (χ3n) is 0.813. The maximum Gasteiger partial charge on any atom is 0.271 e. The molecule has 1 atom stereocenters. The molecule has 0 spiro atoms. The lowest BCUT2D eigenvalue weighted by Crippen LogP contribution is -1.81. The van der Waals surface area contributed by atoms with Crippen molar-refractivity contribution in [1.29, 1.82) is 0 Å². The van der Waals surface area contributed by atoms with Gasteiger partial charge in [-0.3, -0.25) is 4.57 Å². The summed E-state index contributed by atoms with van der Waals surface area (Å²) in [6, 6.07) is 0. The fraction of sp³-hybridized carbons (Fsp3) is 0.667. The summed E-state index contributed by atoms with van der Waals surface area (Å²) in [4.78, 5) is 8.90. The van der Waals surface area contributed by atoms with E-state index in [0.29, 0.717) is 12.6 Å². The molecule has 9 heavy (non-hydrogen) atoms. The third-order valence-corrected chi connectivity index (χ3v) is 2.44. The van der Waals surface area contributed by atoms with E-state index in [4.69, 9.17) is 4.89 Å². The molecule has 0 aromatic heterocycles. The first kappa shape index (κ1) is 8.75. The molecule has 52 valence electrons. The highest BCUT2D eigenvalue weighted by Crippen LogP contribution is 2.38. The van der Waals surface area contributed by atoms with E-state index in [9.17, 15) is 4.57 Å². The predicted octanol–water partition coefficient (Wildman–Crippen LogP) is 1.65. The Kier molecular flexibility index (Phi) is 3.61. The topological polar surface area (TPSA) is 37.3 Å². The summed E-state index contributed by atoms with van der Waals surface area (Å²) >= 11 is 0. The van der Waals surface area contributed by atoms with Crippen molar-refractivity contribution in [3.05, 3.63) is 0 Å². The first-order valence-electron chi connectivity index (χ1n) is 2.88. The van der Waals surface area contributed by atoms with Gasteiger partial charge in [-0.15, -0.1) is 0 Å². The maximum absolute atomic E-state index is 10.8. The Bertz CT molecular complexity index is 175. The fourth-order valence-corrected chi connectivity index (χ4v) is 1.60. The van der Waals surface area contributed by atoms with Crippen LogP contribution in [-0.2, 0) is 4.57 Å². The van der Waals surface area contributed by atoms with E-state index in [1.54, 1.807) is 6.92 Å². The Morgan fingerprint density at radius 1 is 1.67 bits per heavy atom. The van der Waals surface area contributed by atoms with Crippen LogP contribution in [0.15, 0.2) is 0 Å². The quantitative estimate of drug-likeness (QED) is 0.475. The first-order valence-corrected chi connectivity index (χ1v) is 4.72. The van der Waals surface area contributed by atoms with Crippen LogP contribution in [0.4, 0.5) is 0 Å². The van der Waals surface area contributed by atoms with E-state index < -0.39 is 7.37 Å². The van der Waals surface area contributed by atoms with Crippen molar-refractivity contribution < 1.29 is 9.46 Å². The number of hydrogen-bond donors (Lipinski definition) is 1. The lowest BCUT2D eigenvalue weighted by atomic mass is 10.6. The van der Waals surface area contributed by atoms with Crippen LogP contribution in [0.25, 0.3) is 0 Å². The van der Waals surface area contributed by atoms with E-state index in [1.165, 1.54) is 0 Å². The maximum atomic E-state index is 10.8. The highest BCUT2D eigenvalue weighted by Gasteiger charge is 2.10. The molecule has 0 heterocycles. The van der Waals surface area contributed by atoms with Crippen molar-refractivity contribution in [1.82, 2.24) is 0 Å². The molecule has 0 aliphatic heterocycles. The summed E-state index contributed by atoms with van der Waals surface area (Å²) in [5.74, 6) is 2.43. The van der Waals surface area contributed by atoms with Crippen molar-refractivity contribution in [3.8, 4) is 11.6 Å². The lowest BCUT2D eigenvalue weighted by molar-refractivity contribution is 0.490. The Balaban J connectivity index is 3.98. The van der Waals surface area contributed by atoms with Gasteiger partial charge in [0.05, 0.1) is 0 Å². The molecule has 0 aliphatic carbocycles. The van der Waals surface area contributed by atoms with E-state index in [2.05, 4.69) is 11.6 Å². The van der Waals surface area contributed by atoms with Gasteiger partial charge in [0, 0.05) is 6.16 Å². The first-order chi connectivity index (χ1) is 4.12. The molecule has 0 amide bonds. The van der Waals surface area contributed by atoms with Crippen LogP contribution >= 0.6 is 7.37 Å². The van der Waals surface area contributed by atoms with Gasteiger partial charge in [-0.05, 0) is 19.0 Å². The SMILES string of the molecule is CC#CP(=O)(O)CCC.